The zero-order valence-electron chi connectivity index (χ0n) is 15.7. The summed E-state index contributed by atoms with van der Waals surface area (Å²) in [5.74, 6) is -0.280. The summed E-state index contributed by atoms with van der Waals surface area (Å²) in [5, 5.41) is 22.8. The van der Waals surface area contributed by atoms with Gasteiger partial charge in [-0.15, -0.1) is 11.6 Å². The van der Waals surface area contributed by atoms with Gasteiger partial charge in [-0.05, 0) is 36.7 Å². The minimum Gasteiger partial charge on any atom is -0.458 e. The lowest BCUT2D eigenvalue weighted by atomic mass is 9.45. The van der Waals surface area contributed by atoms with Crippen LogP contribution < -0.4 is 0 Å². The van der Waals surface area contributed by atoms with Crippen molar-refractivity contribution in [1.29, 1.82) is 0 Å². The van der Waals surface area contributed by atoms with E-state index in [2.05, 4.69) is 6.92 Å². The molecule has 2 bridgehead atoms. The predicted octanol–water partition coefficient (Wildman–Crippen LogP) is 1.30. The molecule has 9 atom stereocenters. The summed E-state index contributed by atoms with van der Waals surface area (Å²) in [7, 11) is 0. The molecule has 0 amide bonds. The maximum Gasteiger partial charge on any atom is 0.334 e. The Kier molecular flexibility index (Phi) is 2.91. The zero-order chi connectivity index (χ0) is 19.1. The molecule has 2 saturated heterocycles. The fraction of sp³-hybridized carbons (Fsp3) is 0.850. The zero-order valence-corrected chi connectivity index (χ0v) is 16.5. The normalized spacial score (nSPS) is 60.1. The largest absolute Gasteiger partial charge is 0.458 e. The molecule has 2 saturated carbocycles. The first-order valence-electron chi connectivity index (χ1n) is 9.95. The maximum absolute atomic E-state index is 12.1. The second kappa shape index (κ2) is 4.57. The van der Waals surface area contributed by atoms with Gasteiger partial charge >= 0.3 is 5.97 Å². The Morgan fingerprint density at radius 1 is 1.30 bits per heavy atom. The number of esters is 1. The third-order valence-corrected chi connectivity index (χ3v) is 9.48. The van der Waals surface area contributed by atoms with Crippen molar-refractivity contribution in [3.63, 3.8) is 0 Å². The first kappa shape index (κ1) is 17.2. The predicted molar refractivity (Wildman–Crippen MR) is 94.1 cm³/mol. The highest BCUT2D eigenvalue weighted by Crippen LogP contribution is 2.77. The van der Waals surface area contributed by atoms with Gasteiger partial charge in [-0.3, -0.25) is 0 Å². The molecular formula is C20H25ClO6. The SMILES string of the molecule is CC(C)[C@]12O[C@@H]3C[C@H]4C5=C(CC[C@]4(C)[C@@]4(O[C@H]4[C@H]1Cl)[C@]3(O)[C@@H]2O)C(=O)OC5. The van der Waals surface area contributed by atoms with Crippen LogP contribution in [0.5, 0.6) is 0 Å². The molecule has 148 valence electrons. The number of cyclic esters (lactones) is 1. The van der Waals surface area contributed by atoms with E-state index in [0.717, 1.165) is 11.1 Å². The number of alkyl halides is 1. The number of ether oxygens (including phenoxy) is 3. The first-order valence-corrected chi connectivity index (χ1v) is 10.4. The van der Waals surface area contributed by atoms with Crippen LogP contribution >= 0.6 is 11.6 Å². The van der Waals surface area contributed by atoms with Crippen LogP contribution in [0.25, 0.3) is 0 Å². The molecule has 6 rings (SSSR count). The number of hydrogen-bond donors (Lipinski definition) is 2. The third-order valence-electron chi connectivity index (χ3n) is 8.91. The molecule has 0 aromatic rings. The van der Waals surface area contributed by atoms with Crippen LogP contribution in [-0.2, 0) is 19.0 Å². The van der Waals surface area contributed by atoms with Crippen molar-refractivity contribution in [3.8, 4) is 0 Å². The second-order valence-electron chi connectivity index (χ2n) is 9.80. The molecule has 6 aliphatic rings. The van der Waals surface area contributed by atoms with Crippen LogP contribution in [0.4, 0.5) is 0 Å². The van der Waals surface area contributed by atoms with E-state index in [0.29, 0.717) is 25.9 Å². The van der Waals surface area contributed by atoms with Crippen LogP contribution in [0.1, 0.15) is 40.0 Å². The van der Waals surface area contributed by atoms with Crippen molar-refractivity contribution in [3.05, 3.63) is 11.1 Å². The molecule has 1 spiro atoms. The van der Waals surface area contributed by atoms with Crippen LogP contribution in [0, 0.1) is 17.3 Å². The average Bonchev–Trinajstić information content (AvgIpc) is 3.23. The molecule has 27 heavy (non-hydrogen) atoms. The van der Waals surface area contributed by atoms with Crippen molar-refractivity contribution < 1.29 is 29.2 Å². The molecule has 4 fully saturated rings. The molecule has 3 aliphatic heterocycles. The summed E-state index contributed by atoms with van der Waals surface area (Å²) in [4.78, 5) is 12.1. The Labute approximate surface area is 162 Å². The highest BCUT2D eigenvalue weighted by atomic mass is 35.5. The summed E-state index contributed by atoms with van der Waals surface area (Å²) in [5.41, 5.74) is -2.09. The molecule has 2 N–H and O–H groups in total. The van der Waals surface area contributed by atoms with Gasteiger partial charge in [0.25, 0.3) is 0 Å². The van der Waals surface area contributed by atoms with E-state index in [-0.39, 0.29) is 23.9 Å². The van der Waals surface area contributed by atoms with Gasteiger partial charge < -0.3 is 24.4 Å². The van der Waals surface area contributed by atoms with Crippen molar-refractivity contribution >= 4 is 17.6 Å². The molecule has 0 radical (unpaired) electrons. The lowest BCUT2D eigenvalue weighted by Gasteiger charge is -2.58. The highest BCUT2D eigenvalue weighted by Gasteiger charge is 2.94. The van der Waals surface area contributed by atoms with E-state index in [1.807, 2.05) is 13.8 Å². The number of halogens is 1. The molecule has 3 aliphatic carbocycles. The Bertz CT molecular complexity index is 810. The standard InChI is InChI=1S/C20H25ClO6/c1-8(2)18-13(21)14-20(27-14)17(3)5-4-9-10(7-25-15(9)22)11(17)6-12(26-18)19(20,24)16(18)23/h8,11-14,16,23-24H,4-7H2,1-3H3/t11-,12+,13+,14-,16+,17-,18-,19+,20+/m0/s1. The average molecular weight is 397 g/mol. The fourth-order valence-corrected chi connectivity index (χ4v) is 8.16. The quantitative estimate of drug-likeness (QED) is 0.394. The molecule has 0 unspecified atom stereocenters. The van der Waals surface area contributed by atoms with Crippen LogP contribution in [0.3, 0.4) is 0 Å². The summed E-state index contributed by atoms with van der Waals surface area (Å²) < 4.78 is 18.1. The first-order chi connectivity index (χ1) is 12.7. The summed E-state index contributed by atoms with van der Waals surface area (Å²) in [6.45, 7) is 6.36. The van der Waals surface area contributed by atoms with Gasteiger partial charge in [0.1, 0.15) is 30.0 Å². The number of aliphatic hydroxyl groups is 2. The smallest absolute Gasteiger partial charge is 0.334 e. The van der Waals surface area contributed by atoms with Crippen LogP contribution in [0.2, 0.25) is 0 Å². The lowest BCUT2D eigenvalue weighted by Crippen LogP contribution is -2.76. The van der Waals surface area contributed by atoms with Crippen LogP contribution in [0.15, 0.2) is 11.1 Å². The number of epoxide rings is 1. The maximum atomic E-state index is 12.1. The summed E-state index contributed by atoms with van der Waals surface area (Å²) in [6.07, 6.45) is -0.209. The molecular weight excluding hydrogens is 372 g/mol. The molecule has 7 heteroatoms. The highest BCUT2D eigenvalue weighted by molar-refractivity contribution is 6.22. The van der Waals surface area contributed by atoms with Gasteiger partial charge in [0, 0.05) is 11.0 Å². The Morgan fingerprint density at radius 3 is 2.74 bits per heavy atom. The topological polar surface area (TPSA) is 88.5 Å². The van der Waals surface area contributed by atoms with Gasteiger partial charge in [0.15, 0.2) is 5.60 Å². The monoisotopic (exact) mass is 396 g/mol. The number of hydrogen-bond acceptors (Lipinski definition) is 6. The Morgan fingerprint density at radius 2 is 2.04 bits per heavy atom. The van der Waals surface area contributed by atoms with E-state index in [4.69, 9.17) is 25.8 Å². The van der Waals surface area contributed by atoms with Gasteiger partial charge in [-0.1, -0.05) is 20.8 Å². The minimum absolute atomic E-state index is 0.0140. The van der Waals surface area contributed by atoms with E-state index in [1.54, 1.807) is 0 Å². The molecule has 6 nitrogen and oxygen atoms in total. The number of carbonyl (C=O) groups excluding carboxylic acids is 1. The molecule has 0 aromatic heterocycles. The minimum atomic E-state index is -1.49. The van der Waals surface area contributed by atoms with Gasteiger partial charge in [0.05, 0.1) is 11.5 Å². The van der Waals surface area contributed by atoms with Gasteiger partial charge in [-0.2, -0.15) is 0 Å². The molecule has 3 heterocycles. The van der Waals surface area contributed by atoms with Crippen molar-refractivity contribution in [2.45, 2.75) is 80.5 Å². The van der Waals surface area contributed by atoms with E-state index < -0.39 is 39.8 Å². The van der Waals surface area contributed by atoms with E-state index in [1.165, 1.54) is 0 Å². The van der Waals surface area contributed by atoms with E-state index in [9.17, 15) is 15.0 Å². The summed E-state index contributed by atoms with van der Waals surface area (Å²) >= 11 is 6.89. The fourth-order valence-electron chi connectivity index (χ4n) is 7.51. The Hall–Kier alpha value is -0.660. The second-order valence-corrected chi connectivity index (χ2v) is 10.3. The van der Waals surface area contributed by atoms with Gasteiger partial charge in [0.2, 0.25) is 0 Å². The van der Waals surface area contributed by atoms with Crippen molar-refractivity contribution in [1.82, 2.24) is 0 Å². The van der Waals surface area contributed by atoms with Crippen molar-refractivity contribution in [2.75, 3.05) is 6.61 Å². The van der Waals surface area contributed by atoms with E-state index >= 15 is 0 Å². The number of rotatable bonds is 1. The number of fused-ring (bicyclic) bond motifs is 3. The lowest BCUT2D eigenvalue weighted by molar-refractivity contribution is -0.206. The molecule has 0 aromatic carbocycles. The van der Waals surface area contributed by atoms with Gasteiger partial charge in [-0.25, -0.2) is 4.79 Å². The van der Waals surface area contributed by atoms with Crippen molar-refractivity contribution in [2.24, 2.45) is 17.3 Å². The number of carbonyl (C=O) groups is 1. The number of aliphatic hydroxyl groups excluding tert-OH is 1. The Balaban J connectivity index is 1.56. The summed E-state index contributed by atoms with van der Waals surface area (Å²) in [6, 6.07) is 0. The third kappa shape index (κ3) is 1.43. The van der Waals surface area contributed by atoms with Crippen LogP contribution in [-0.4, -0.2) is 63.3 Å².